The largest absolute Gasteiger partial charge is 0.309 e. The van der Waals surface area contributed by atoms with Crippen molar-refractivity contribution >= 4 is 12.6 Å². The van der Waals surface area contributed by atoms with Gasteiger partial charge in [0.15, 0.2) is 0 Å². The van der Waals surface area contributed by atoms with Gasteiger partial charge in [0.1, 0.15) is 0 Å². The molecular weight excluding hydrogens is 130 g/mol. The van der Waals surface area contributed by atoms with Gasteiger partial charge in [0, 0.05) is 0 Å². The molecule has 1 atom stereocenters. The number of nitrogens with zero attached hydrogens (tertiary/aromatic N) is 1. The van der Waals surface area contributed by atoms with Crippen LogP contribution in [0.2, 0.25) is 0 Å². The summed E-state index contributed by atoms with van der Waals surface area (Å²) in [6, 6.07) is 0. The summed E-state index contributed by atoms with van der Waals surface area (Å²) in [5.74, 6) is 0. The van der Waals surface area contributed by atoms with E-state index < -0.39 is 0 Å². The molecule has 9 heavy (non-hydrogen) atoms. The third-order valence-electron chi connectivity index (χ3n) is 1.23. The molecule has 0 unspecified atom stereocenters. The van der Waals surface area contributed by atoms with E-state index in [1.165, 1.54) is 19.4 Å². The number of hydrogen-bond acceptors (Lipinski definition) is 2. The van der Waals surface area contributed by atoms with Crippen molar-refractivity contribution < 1.29 is 0 Å². The predicted octanol–water partition coefficient (Wildman–Crippen LogP) is 1.65. The Kier molecular flexibility index (Phi) is 5.30. The second-order valence-corrected chi connectivity index (χ2v) is 3.68. The maximum atomic E-state index is 4.28. The van der Waals surface area contributed by atoms with Crippen LogP contribution in [0.3, 0.4) is 0 Å². The van der Waals surface area contributed by atoms with E-state index in [0.29, 0.717) is 5.25 Å². The zero-order valence-electron chi connectivity index (χ0n) is 6.59. The highest BCUT2D eigenvalue weighted by Gasteiger charge is 1.94. The van der Waals surface area contributed by atoms with Gasteiger partial charge in [-0.05, 0) is 38.7 Å². The maximum Gasteiger partial charge on any atom is -0.00111 e. The first-order valence-electron chi connectivity index (χ1n) is 3.45. The Labute approximate surface area is 63.8 Å². The van der Waals surface area contributed by atoms with E-state index in [-0.39, 0.29) is 0 Å². The van der Waals surface area contributed by atoms with Crippen LogP contribution in [0.15, 0.2) is 0 Å². The van der Waals surface area contributed by atoms with Gasteiger partial charge < -0.3 is 4.90 Å². The fraction of sp³-hybridized carbons (Fsp3) is 1.00. The molecule has 2 heteroatoms. The molecular formula is C7H17NS. The van der Waals surface area contributed by atoms with Gasteiger partial charge in [0.25, 0.3) is 0 Å². The molecule has 0 spiro atoms. The predicted molar refractivity (Wildman–Crippen MR) is 46.2 cm³/mol. The Morgan fingerprint density at radius 3 is 2.33 bits per heavy atom. The van der Waals surface area contributed by atoms with Crippen LogP contribution >= 0.6 is 12.6 Å². The quantitative estimate of drug-likeness (QED) is 0.592. The highest BCUT2D eigenvalue weighted by molar-refractivity contribution is 7.80. The van der Waals surface area contributed by atoms with Crippen molar-refractivity contribution in [1.29, 1.82) is 0 Å². The Morgan fingerprint density at radius 2 is 2.00 bits per heavy atom. The van der Waals surface area contributed by atoms with Crippen LogP contribution < -0.4 is 0 Å². The molecule has 1 nitrogen and oxygen atoms in total. The third-order valence-corrected chi connectivity index (χ3v) is 1.49. The minimum atomic E-state index is 0.560. The number of hydrogen-bond donors (Lipinski definition) is 1. The van der Waals surface area contributed by atoms with Crippen LogP contribution in [-0.4, -0.2) is 30.8 Å². The zero-order chi connectivity index (χ0) is 7.28. The molecule has 0 rings (SSSR count). The summed E-state index contributed by atoms with van der Waals surface area (Å²) in [5.41, 5.74) is 0. The average molecular weight is 147 g/mol. The van der Waals surface area contributed by atoms with Gasteiger partial charge in [-0.25, -0.2) is 0 Å². The van der Waals surface area contributed by atoms with Gasteiger partial charge in [-0.3, -0.25) is 0 Å². The van der Waals surface area contributed by atoms with Gasteiger partial charge in [0.2, 0.25) is 0 Å². The lowest BCUT2D eigenvalue weighted by Gasteiger charge is -2.09. The first kappa shape index (κ1) is 9.31. The van der Waals surface area contributed by atoms with Crippen molar-refractivity contribution in [3.05, 3.63) is 0 Å². The molecule has 0 aliphatic heterocycles. The first-order chi connectivity index (χ1) is 4.13. The lowest BCUT2D eigenvalue weighted by molar-refractivity contribution is 0.394. The molecule has 0 saturated heterocycles. The molecule has 0 heterocycles. The standard InChI is InChI=1S/C7H17NS/c1-7(9)5-4-6-8(2)3/h7,9H,4-6H2,1-3H3/t7-/m0/s1. The summed E-state index contributed by atoms with van der Waals surface area (Å²) < 4.78 is 0. The van der Waals surface area contributed by atoms with Gasteiger partial charge in [-0.15, -0.1) is 0 Å². The Balaban J connectivity index is 2.91. The summed E-state index contributed by atoms with van der Waals surface area (Å²) >= 11 is 4.28. The first-order valence-corrected chi connectivity index (χ1v) is 3.97. The molecule has 0 N–H and O–H groups in total. The Hall–Kier alpha value is 0.310. The molecule has 0 saturated carbocycles. The summed E-state index contributed by atoms with van der Waals surface area (Å²) in [5, 5.41) is 0.560. The summed E-state index contributed by atoms with van der Waals surface area (Å²) in [6.45, 7) is 3.32. The van der Waals surface area contributed by atoms with Gasteiger partial charge in [-0.2, -0.15) is 12.6 Å². The average Bonchev–Trinajstić information content (AvgIpc) is 1.63. The van der Waals surface area contributed by atoms with Gasteiger partial charge in [0.05, 0.1) is 0 Å². The fourth-order valence-electron chi connectivity index (χ4n) is 0.703. The Bertz CT molecular complexity index is 53.9. The lowest BCUT2D eigenvalue weighted by Crippen LogP contribution is -2.13. The van der Waals surface area contributed by atoms with Crippen LogP contribution in [-0.2, 0) is 0 Å². The van der Waals surface area contributed by atoms with Crippen molar-refractivity contribution in [3.63, 3.8) is 0 Å². The summed E-state index contributed by atoms with van der Waals surface area (Å²) in [4.78, 5) is 2.20. The van der Waals surface area contributed by atoms with Crippen molar-refractivity contribution in [2.24, 2.45) is 0 Å². The molecule has 0 fully saturated rings. The van der Waals surface area contributed by atoms with Crippen LogP contribution in [0.1, 0.15) is 19.8 Å². The Morgan fingerprint density at radius 1 is 1.44 bits per heavy atom. The van der Waals surface area contributed by atoms with E-state index in [4.69, 9.17) is 0 Å². The second-order valence-electron chi connectivity index (χ2n) is 2.79. The van der Waals surface area contributed by atoms with Crippen molar-refractivity contribution in [3.8, 4) is 0 Å². The highest BCUT2D eigenvalue weighted by atomic mass is 32.1. The van der Waals surface area contributed by atoms with Crippen LogP contribution in [0, 0.1) is 0 Å². The number of rotatable bonds is 4. The number of thiol groups is 1. The lowest BCUT2D eigenvalue weighted by atomic mass is 10.2. The van der Waals surface area contributed by atoms with Crippen LogP contribution in [0.25, 0.3) is 0 Å². The van der Waals surface area contributed by atoms with E-state index in [2.05, 4.69) is 38.5 Å². The SMILES string of the molecule is C[C@H](S)CCCN(C)C. The van der Waals surface area contributed by atoms with Crippen molar-refractivity contribution in [2.75, 3.05) is 20.6 Å². The summed E-state index contributed by atoms with van der Waals surface area (Å²) in [7, 11) is 4.20. The topological polar surface area (TPSA) is 3.24 Å². The van der Waals surface area contributed by atoms with E-state index in [1.807, 2.05) is 0 Å². The molecule has 0 aromatic heterocycles. The molecule has 0 bridgehead atoms. The van der Waals surface area contributed by atoms with E-state index in [9.17, 15) is 0 Å². The van der Waals surface area contributed by atoms with E-state index in [0.717, 1.165) is 0 Å². The molecule has 0 aliphatic rings. The molecule has 0 amide bonds. The van der Waals surface area contributed by atoms with Gasteiger partial charge >= 0.3 is 0 Å². The normalized spacial score (nSPS) is 14.3. The fourth-order valence-corrected chi connectivity index (χ4v) is 0.886. The minimum absolute atomic E-state index is 0.560. The molecule has 0 radical (unpaired) electrons. The minimum Gasteiger partial charge on any atom is -0.309 e. The van der Waals surface area contributed by atoms with Crippen LogP contribution in [0.5, 0.6) is 0 Å². The molecule has 0 aromatic carbocycles. The van der Waals surface area contributed by atoms with E-state index >= 15 is 0 Å². The van der Waals surface area contributed by atoms with Crippen LogP contribution in [0.4, 0.5) is 0 Å². The second kappa shape index (κ2) is 5.12. The smallest absolute Gasteiger partial charge is 0.00111 e. The zero-order valence-corrected chi connectivity index (χ0v) is 7.49. The van der Waals surface area contributed by atoms with E-state index in [1.54, 1.807) is 0 Å². The maximum absolute atomic E-state index is 4.28. The summed E-state index contributed by atoms with van der Waals surface area (Å²) in [6.07, 6.45) is 2.49. The third kappa shape index (κ3) is 8.31. The van der Waals surface area contributed by atoms with Crippen molar-refractivity contribution in [1.82, 2.24) is 4.90 Å². The molecule has 56 valence electrons. The molecule has 0 aliphatic carbocycles. The molecule has 0 aromatic rings. The monoisotopic (exact) mass is 147 g/mol. The van der Waals surface area contributed by atoms with Crippen molar-refractivity contribution in [2.45, 2.75) is 25.0 Å². The van der Waals surface area contributed by atoms with Gasteiger partial charge in [-0.1, -0.05) is 6.92 Å². The highest BCUT2D eigenvalue weighted by Crippen LogP contribution is 2.02.